The standard InChI is InChI=1S/C59H37N3O/c1-3-14-38(15-4-1)40-28-31-42(32-29-40)57-60-58(46-21-11-20-44(37-46)45-33-30-39-16-7-8-19-43(39)36-45)62-59(61-57)53-26-13-27-54-55(53)52-25-12-24-51(56(52)63-54)50-35-34-47(41-17-5-2-6-18-41)48-22-9-10-23-49(48)50/h1-37H. The second kappa shape index (κ2) is 15.2. The number of para-hydroxylation sites is 1. The molecule has 12 aromatic rings. The highest BCUT2D eigenvalue weighted by atomic mass is 16.3. The summed E-state index contributed by atoms with van der Waals surface area (Å²) in [4.78, 5) is 15.7. The molecule has 63 heavy (non-hydrogen) atoms. The van der Waals surface area contributed by atoms with E-state index in [2.05, 4.69) is 206 Å². The first-order valence-corrected chi connectivity index (χ1v) is 21.3. The van der Waals surface area contributed by atoms with Crippen LogP contribution in [0.2, 0.25) is 0 Å². The molecule has 0 N–H and O–H groups in total. The molecule has 0 aliphatic carbocycles. The van der Waals surface area contributed by atoms with Gasteiger partial charge < -0.3 is 4.42 Å². The van der Waals surface area contributed by atoms with Crippen LogP contribution in [-0.2, 0) is 0 Å². The lowest BCUT2D eigenvalue weighted by molar-refractivity contribution is 0.670. The van der Waals surface area contributed by atoms with E-state index < -0.39 is 0 Å². The van der Waals surface area contributed by atoms with E-state index in [0.29, 0.717) is 17.5 Å². The fourth-order valence-electron chi connectivity index (χ4n) is 9.05. The fourth-order valence-corrected chi connectivity index (χ4v) is 9.05. The zero-order valence-electron chi connectivity index (χ0n) is 34.1. The maximum absolute atomic E-state index is 6.87. The molecule has 0 amide bonds. The van der Waals surface area contributed by atoms with Gasteiger partial charge in [-0.05, 0) is 78.7 Å². The van der Waals surface area contributed by atoms with E-state index in [1.54, 1.807) is 0 Å². The van der Waals surface area contributed by atoms with E-state index >= 15 is 0 Å². The number of hydrogen-bond donors (Lipinski definition) is 0. The van der Waals surface area contributed by atoms with Crippen molar-refractivity contribution in [2.45, 2.75) is 0 Å². The van der Waals surface area contributed by atoms with Crippen molar-refractivity contribution < 1.29 is 4.42 Å². The predicted octanol–water partition coefficient (Wildman–Crippen LogP) is 15.7. The molecule has 2 heterocycles. The van der Waals surface area contributed by atoms with Gasteiger partial charge in [0.2, 0.25) is 0 Å². The van der Waals surface area contributed by atoms with Crippen molar-refractivity contribution in [1.82, 2.24) is 15.0 Å². The van der Waals surface area contributed by atoms with Crippen LogP contribution in [0.25, 0.3) is 122 Å². The Morgan fingerprint density at radius 3 is 1.60 bits per heavy atom. The summed E-state index contributed by atoms with van der Waals surface area (Å²) in [6, 6.07) is 78.7. The van der Waals surface area contributed by atoms with E-state index in [1.165, 1.54) is 32.7 Å². The van der Waals surface area contributed by atoms with Crippen molar-refractivity contribution in [3.05, 3.63) is 224 Å². The number of fused-ring (bicyclic) bond motifs is 5. The van der Waals surface area contributed by atoms with Gasteiger partial charge in [0, 0.05) is 33.0 Å². The number of rotatable bonds is 7. The number of benzene rings is 10. The average Bonchev–Trinajstić information content (AvgIpc) is 3.76. The quantitative estimate of drug-likeness (QED) is 0.161. The van der Waals surface area contributed by atoms with Gasteiger partial charge in [0.25, 0.3) is 0 Å². The minimum Gasteiger partial charge on any atom is -0.455 e. The van der Waals surface area contributed by atoms with Gasteiger partial charge in [0.15, 0.2) is 17.5 Å². The number of furan rings is 1. The molecule has 0 aliphatic heterocycles. The highest BCUT2D eigenvalue weighted by molar-refractivity contribution is 6.17. The maximum atomic E-state index is 6.87. The molecule has 0 atom stereocenters. The smallest absolute Gasteiger partial charge is 0.164 e. The monoisotopic (exact) mass is 803 g/mol. The van der Waals surface area contributed by atoms with Gasteiger partial charge in [-0.15, -0.1) is 0 Å². The van der Waals surface area contributed by atoms with Gasteiger partial charge in [0.05, 0.1) is 0 Å². The highest BCUT2D eigenvalue weighted by Gasteiger charge is 2.21. The van der Waals surface area contributed by atoms with Crippen LogP contribution in [0.4, 0.5) is 0 Å². The predicted molar refractivity (Wildman–Crippen MR) is 260 cm³/mol. The van der Waals surface area contributed by atoms with Gasteiger partial charge in [0.1, 0.15) is 11.2 Å². The molecule has 294 valence electrons. The summed E-state index contributed by atoms with van der Waals surface area (Å²) in [7, 11) is 0. The number of aromatic nitrogens is 3. The Balaban J connectivity index is 1.03. The molecule has 4 heteroatoms. The molecular weight excluding hydrogens is 767 g/mol. The number of hydrogen-bond acceptors (Lipinski definition) is 4. The summed E-state index contributed by atoms with van der Waals surface area (Å²) in [5, 5.41) is 6.75. The van der Waals surface area contributed by atoms with Crippen LogP contribution < -0.4 is 0 Å². The molecule has 0 saturated heterocycles. The number of nitrogens with zero attached hydrogens (tertiary/aromatic N) is 3. The van der Waals surface area contributed by atoms with Crippen LogP contribution in [0.15, 0.2) is 229 Å². The van der Waals surface area contributed by atoms with E-state index in [1.807, 2.05) is 18.2 Å². The lowest BCUT2D eigenvalue weighted by Gasteiger charge is -2.12. The second-order valence-electron chi connectivity index (χ2n) is 15.9. The highest BCUT2D eigenvalue weighted by Crippen LogP contribution is 2.43. The third kappa shape index (κ3) is 6.53. The molecule has 10 aromatic carbocycles. The van der Waals surface area contributed by atoms with Crippen LogP contribution in [0.5, 0.6) is 0 Å². The molecule has 0 bridgehead atoms. The van der Waals surface area contributed by atoms with E-state index in [4.69, 9.17) is 19.4 Å². The largest absolute Gasteiger partial charge is 0.455 e. The SMILES string of the molecule is c1ccc(-c2ccc(-c3nc(-c4cccc(-c5ccc6ccccc6c5)c4)nc(-c4cccc5oc6c(-c7ccc(-c8ccccc8)c8ccccc78)cccc6c45)n3)cc2)cc1. The molecule has 2 aromatic heterocycles. The normalized spacial score (nSPS) is 11.5. The van der Waals surface area contributed by atoms with Crippen LogP contribution in [-0.4, -0.2) is 15.0 Å². The van der Waals surface area contributed by atoms with Crippen LogP contribution in [0.1, 0.15) is 0 Å². The van der Waals surface area contributed by atoms with Crippen molar-refractivity contribution in [1.29, 1.82) is 0 Å². The van der Waals surface area contributed by atoms with E-state index in [0.717, 1.165) is 72.0 Å². The van der Waals surface area contributed by atoms with Gasteiger partial charge in [-0.1, -0.05) is 206 Å². The Labute approximate surface area is 364 Å². The van der Waals surface area contributed by atoms with E-state index in [9.17, 15) is 0 Å². The van der Waals surface area contributed by atoms with E-state index in [-0.39, 0.29) is 0 Å². The first kappa shape index (κ1) is 36.4. The first-order valence-electron chi connectivity index (χ1n) is 21.3. The zero-order valence-corrected chi connectivity index (χ0v) is 34.1. The molecule has 0 radical (unpaired) electrons. The molecule has 0 unspecified atom stereocenters. The topological polar surface area (TPSA) is 51.8 Å². The Kier molecular flexibility index (Phi) is 8.79. The first-order chi connectivity index (χ1) is 31.2. The molecule has 0 saturated carbocycles. The van der Waals surface area contributed by atoms with Gasteiger partial charge in [-0.2, -0.15) is 0 Å². The molecular formula is C59H37N3O. The van der Waals surface area contributed by atoms with Crippen molar-refractivity contribution in [3.8, 4) is 78.7 Å². The van der Waals surface area contributed by atoms with Gasteiger partial charge in [-0.3, -0.25) is 0 Å². The lowest BCUT2D eigenvalue weighted by Crippen LogP contribution is -2.00. The zero-order chi connectivity index (χ0) is 41.7. The van der Waals surface area contributed by atoms with Crippen LogP contribution in [0.3, 0.4) is 0 Å². The van der Waals surface area contributed by atoms with Gasteiger partial charge in [-0.25, -0.2) is 15.0 Å². The molecule has 0 aliphatic rings. The van der Waals surface area contributed by atoms with Crippen LogP contribution >= 0.6 is 0 Å². The lowest BCUT2D eigenvalue weighted by atomic mass is 9.91. The minimum absolute atomic E-state index is 0.578. The van der Waals surface area contributed by atoms with Crippen molar-refractivity contribution in [2.75, 3.05) is 0 Å². The Hall–Kier alpha value is -8.47. The van der Waals surface area contributed by atoms with Gasteiger partial charge >= 0.3 is 0 Å². The van der Waals surface area contributed by atoms with Crippen molar-refractivity contribution in [3.63, 3.8) is 0 Å². The third-order valence-electron chi connectivity index (χ3n) is 12.2. The Bertz CT molecular complexity index is 3670. The molecule has 0 spiro atoms. The molecule has 12 rings (SSSR count). The van der Waals surface area contributed by atoms with Crippen molar-refractivity contribution in [2.24, 2.45) is 0 Å². The summed E-state index contributed by atoms with van der Waals surface area (Å²) in [6.45, 7) is 0. The maximum Gasteiger partial charge on any atom is 0.164 e. The Morgan fingerprint density at radius 2 is 0.794 bits per heavy atom. The summed E-state index contributed by atoms with van der Waals surface area (Å²) in [5.74, 6) is 1.77. The molecule has 0 fully saturated rings. The third-order valence-corrected chi connectivity index (χ3v) is 12.2. The summed E-state index contributed by atoms with van der Waals surface area (Å²) in [6.07, 6.45) is 0. The molecule has 4 nitrogen and oxygen atoms in total. The second-order valence-corrected chi connectivity index (χ2v) is 15.9. The Morgan fingerprint density at radius 1 is 0.270 bits per heavy atom. The fraction of sp³-hybridized carbons (Fsp3) is 0. The minimum atomic E-state index is 0.578. The summed E-state index contributed by atoms with van der Waals surface area (Å²) in [5.41, 5.74) is 13.3. The average molecular weight is 804 g/mol. The van der Waals surface area contributed by atoms with Crippen LogP contribution in [0, 0.1) is 0 Å². The summed E-state index contributed by atoms with van der Waals surface area (Å²) >= 11 is 0. The van der Waals surface area contributed by atoms with Crippen molar-refractivity contribution >= 4 is 43.5 Å². The summed E-state index contributed by atoms with van der Waals surface area (Å²) < 4.78 is 6.87.